The lowest BCUT2D eigenvalue weighted by Gasteiger charge is -2.26. The van der Waals surface area contributed by atoms with E-state index in [0.717, 1.165) is 37.2 Å². The van der Waals surface area contributed by atoms with Crippen molar-refractivity contribution in [1.82, 2.24) is 29.8 Å². The van der Waals surface area contributed by atoms with Crippen LogP contribution >= 0.6 is 0 Å². The monoisotopic (exact) mass is 286 g/mol. The normalized spacial score (nSPS) is 22.5. The van der Waals surface area contributed by atoms with Crippen LogP contribution in [0.2, 0.25) is 0 Å². The lowest BCUT2D eigenvalue weighted by Crippen LogP contribution is -2.34. The van der Waals surface area contributed by atoms with Crippen LogP contribution in [0.15, 0.2) is 4.52 Å². The summed E-state index contributed by atoms with van der Waals surface area (Å²) in [7, 11) is 0. The summed E-state index contributed by atoms with van der Waals surface area (Å²) < 4.78 is 7.67. The van der Waals surface area contributed by atoms with Gasteiger partial charge in [0.25, 0.3) is 0 Å². The average Bonchev–Trinajstić information content (AvgIpc) is 3.43. The molecule has 0 aromatic carbocycles. The Bertz CT molecular complexity index is 669. The van der Waals surface area contributed by atoms with Crippen LogP contribution < -0.4 is 0 Å². The molecule has 0 spiro atoms. The number of fused-ring (bicyclic) bond motifs is 1. The average molecular weight is 286 g/mol. The number of hydrogen-bond donors (Lipinski definition) is 0. The van der Waals surface area contributed by atoms with Gasteiger partial charge in [0.15, 0.2) is 5.82 Å². The topological polar surface area (TPSA) is 72.9 Å². The van der Waals surface area contributed by atoms with E-state index in [1.807, 2.05) is 0 Å². The first kappa shape index (κ1) is 11.9. The summed E-state index contributed by atoms with van der Waals surface area (Å²) in [5, 5.41) is 12.8. The fourth-order valence-electron chi connectivity index (χ4n) is 3.04. The molecule has 0 saturated heterocycles. The molecule has 2 aliphatic carbocycles. The van der Waals surface area contributed by atoms with E-state index in [0.29, 0.717) is 18.4 Å². The molecule has 0 atom stereocenters. The highest BCUT2D eigenvalue weighted by Gasteiger charge is 2.33. The molecule has 2 fully saturated rings. The Hall–Kier alpha value is -1.76. The molecule has 0 N–H and O–H groups in total. The summed E-state index contributed by atoms with van der Waals surface area (Å²) in [4.78, 5) is 6.81. The van der Waals surface area contributed by atoms with E-state index in [1.54, 1.807) is 0 Å². The highest BCUT2D eigenvalue weighted by molar-refractivity contribution is 5.10. The Labute approximate surface area is 122 Å². The Kier molecular flexibility index (Phi) is 2.46. The maximum absolute atomic E-state index is 5.36. The summed E-state index contributed by atoms with van der Waals surface area (Å²) in [6, 6.07) is 0. The van der Waals surface area contributed by atoms with Crippen molar-refractivity contribution in [3.05, 3.63) is 23.4 Å². The highest BCUT2D eigenvalue weighted by atomic mass is 16.5. The summed E-state index contributed by atoms with van der Waals surface area (Å²) in [5.41, 5.74) is 0. The first-order valence-electron chi connectivity index (χ1n) is 7.83. The van der Waals surface area contributed by atoms with Gasteiger partial charge in [0.1, 0.15) is 11.6 Å². The summed E-state index contributed by atoms with van der Waals surface area (Å²) in [6.07, 6.45) is 4.95. The largest absolute Gasteiger partial charge is 0.338 e. The van der Waals surface area contributed by atoms with Gasteiger partial charge in [-0.05, 0) is 25.7 Å². The van der Waals surface area contributed by atoms with Crippen molar-refractivity contribution in [1.29, 1.82) is 0 Å². The maximum atomic E-state index is 5.36. The van der Waals surface area contributed by atoms with Gasteiger partial charge in [0.05, 0.1) is 13.1 Å². The Morgan fingerprint density at radius 3 is 2.71 bits per heavy atom. The van der Waals surface area contributed by atoms with E-state index in [1.165, 1.54) is 31.5 Å². The van der Waals surface area contributed by atoms with E-state index in [4.69, 9.17) is 4.52 Å². The molecular formula is C14H18N6O. The predicted molar refractivity (Wildman–Crippen MR) is 72.4 cm³/mol. The molecular weight excluding hydrogens is 268 g/mol. The molecule has 0 amide bonds. The highest BCUT2D eigenvalue weighted by Crippen LogP contribution is 2.40. The lowest BCUT2D eigenvalue weighted by molar-refractivity contribution is 0.181. The maximum Gasteiger partial charge on any atom is 0.240 e. The van der Waals surface area contributed by atoms with Crippen molar-refractivity contribution < 1.29 is 4.52 Å². The molecule has 3 heterocycles. The van der Waals surface area contributed by atoms with Gasteiger partial charge in [-0.15, -0.1) is 10.2 Å². The Morgan fingerprint density at radius 1 is 1.05 bits per heavy atom. The summed E-state index contributed by atoms with van der Waals surface area (Å²) >= 11 is 0. The zero-order chi connectivity index (χ0) is 13.8. The molecule has 5 rings (SSSR count). The molecule has 0 bridgehead atoms. The second kappa shape index (κ2) is 4.37. The van der Waals surface area contributed by atoms with Crippen LogP contribution in [0.3, 0.4) is 0 Å². The van der Waals surface area contributed by atoms with Crippen molar-refractivity contribution in [2.75, 3.05) is 6.54 Å². The van der Waals surface area contributed by atoms with Crippen molar-refractivity contribution in [3.63, 3.8) is 0 Å². The molecule has 21 heavy (non-hydrogen) atoms. The molecule has 7 heteroatoms. The molecule has 2 aromatic rings. The third kappa shape index (κ3) is 2.16. The number of aromatic nitrogens is 5. The van der Waals surface area contributed by atoms with E-state index in [-0.39, 0.29) is 0 Å². The minimum Gasteiger partial charge on any atom is -0.338 e. The van der Waals surface area contributed by atoms with Gasteiger partial charge in [-0.25, -0.2) is 0 Å². The van der Waals surface area contributed by atoms with Gasteiger partial charge in [0, 0.05) is 24.9 Å². The van der Waals surface area contributed by atoms with E-state index < -0.39 is 0 Å². The Morgan fingerprint density at radius 2 is 1.90 bits per heavy atom. The number of rotatable bonds is 4. The SMILES string of the molecule is C1CC1c1noc(CN2CCn3c(nnc3C3CC3)C2)n1. The first-order valence-corrected chi connectivity index (χ1v) is 7.83. The molecule has 3 aliphatic rings. The molecule has 0 unspecified atom stereocenters. The zero-order valence-corrected chi connectivity index (χ0v) is 11.9. The van der Waals surface area contributed by atoms with Crippen LogP contribution in [-0.2, 0) is 19.6 Å². The van der Waals surface area contributed by atoms with E-state index in [2.05, 4.69) is 29.8 Å². The third-order valence-electron chi connectivity index (χ3n) is 4.59. The van der Waals surface area contributed by atoms with Crippen molar-refractivity contribution in [3.8, 4) is 0 Å². The van der Waals surface area contributed by atoms with Crippen LogP contribution in [0.25, 0.3) is 0 Å². The minimum absolute atomic E-state index is 0.549. The lowest BCUT2D eigenvalue weighted by atomic mass is 10.3. The van der Waals surface area contributed by atoms with Gasteiger partial charge < -0.3 is 9.09 Å². The number of nitrogens with zero attached hydrogens (tertiary/aromatic N) is 6. The van der Waals surface area contributed by atoms with Crippen molar-refractivity contribution in [2.24, 2.45) is 0 Å². The summed E-state index contributed by atoms with van der Waals surface area (Å²) in [6.45, 7) is 3.50. The van der Waals surface area contributed by atoms with Crippen molar-refractivity contribution >= 4 is 0 Å². The van der Waals surface area contributed by atoms with Crippen LogP contribution in [0.5, 0.6) is 0 Å². The van der Waals surface area contributed by atoms with Crippen LogP contribution in [-0.4, -0.2) is 36.3 Å². The molecule has 0 radical (unpaired) electrons. The van der Waals surface area contributed by atoms with Gasteiger partial charge in [0.2, 0.25) is 5.89 Å². The molecule has 1 aliphatic heterocycles. The van der Waals surface area contributed by atoms with E-state index >= 15 is 0 Å². The second-order valence-electron chi connectivity index (χ2n) is 6.43. The first-order chi connectivity index (χ1) is 10.4. The fourth-order valence-corrected chi connectivity index (χ4v) is 3.04. The van der Waals surface area contributed by atoms with Gasteiger partial charge in [-0.2, -0.15) is 4.98 Å². The third-order valence-corrected chi connectivity index (χ3v) is 4.59. The quantitative estimate of drug-likeness (QED) is 0.846. The van der Waals surface area contributed by atoms with Gasteiger partial charge >= 0.3 is 0 Å². The smallest absolute Gasteiger partial charge is 0.240 e. The van der Waals surface area contributed by atoms with Crippen LogP contribution in [0, 0.1) is 0 Å². The second-order valence-corrected chi connectivity index (χ2v) is 6.43. The molecule has 110 valence electrons. The van der Waals surface area contributed by atoms with Gasteiger partial charge in [-0.1, -0.05) is 5.16 Å². The zero-order valence-electron chi connectivity index (χ0n) is 11.9. The van der Waals surface area contributed by atoms with E-state index in [9.17, 15) is 0 Å². The van der Waals surface area contributed by atoms with Crippen molar-refractivity contribution in [2.45, 2.75) is 57.2 Å². The molecule has 2 saturated carbocycles. The minimum atomic E-state index is 0.549. The van der Waals surface area contributed by atoms with Gasteiger partial charge in [-0.3, -0.25) is 4.90 Å². The standard InChI is InChI=1S/C14H18N6O/c1-2-9(1)13-15-12(21-18-13)8-19-5-6-20-11(7-19)16-17-14(20)10-3-4-10/h9-10H,1-8H2. The fraction of sp³-hybridized carbons (Fsp3) is 0.714. The predicted octanol–water partition coefficient (Wildman–Crippen LogP) is 1.43. The molecule has 2 aromatic heterocycles. The van der Waals surface area contributed by atoms with Crippen LogP contribution in [0.4, 0.5) is 0 Å². The Balaban J connectivity index is 1.29. The molecule has 7 nitrogen and oxygen atoms in total. The van der Waals surface area contributed by atoms with Crippen LogP contribution in [0.1, 0.15) is 60.9 Å². The number of hydrogen-bond acceptors (Lipinski definition) is 6. The summed E-state index contributed by atoms with van der Waals surface area (Å²) in [5.74, 6) is 5.10.